The normalized spacial score (nSPS) is 12.2. The molecule has 18 rings (SSSR count). The van der Waals surface area contributed by atoms with Gasteiger partial charge in [0.1, 0.15) is 0 Å². The van der Waals surface area contributed by atoms with E-state index in [0.717, 1.165) is 82.8 Å². The van der Waals surface area contributed by atoms with E-state index in [1.54, 1.807) is 0 Å². The highest BCUT2D eigenvalue weighted by Gasteiger charge is 2.22. The number of hydrogen-bond acceptors (Lipinski definition) is 3. The molecule has 0 aliphatic carbocycles. The zero-order valence-corrected chi connectivity index (χ0v) is 44.4. The third kappa shape index (κ3) is 6.52. The van der Waals surface area contributed by atoms with Crippen molar-refractivity contribution in [1.82, 2.24) is 19.1 Å². The van der Waals surface area contributed by atoms with Crippen LogP contribution in [0.3, 0.4) is 0 Å². The zero-order chi connectivity index (χ0) is 52.9. The van der Waals surface area contributed by atoms with Crippen LogP contribution in [0.25, 0.3) is 174 Å². The summed E-state index contributed by atoms with van der Waals surface area (Å²) in [6.07, 6.45) is 1.99. The van der Waals surface area contributed by atoms with Crippen LogP contribution >= 0.6 is 11.3 Å². The highest BCUT2D eigenvalue weighted by molar-refractivity contribution is 7.25. The second-order valence-electron chi connectivity index (χ2n) is 21.6. The van der Waals surface area contributed by atoms with Crippen LogP contribution < -0.4 is 0 Å². The minimum absolute atomic E-state index is 0.842. The number of benzene rings is 14. The van der Waals surface area contributed by atoms with Crippen LogP contribution in [-0.4, -0.2) is 19.1 Å². The Labute approximate surface area is 468 Å². The Morgan fingerprint density at radius 3 is 1.48 bits per heavy atom. The summed E-state index contributed by atoms with van der Waals surface area (Å²) in [5.41, 5.74) is 15.2. The molecule has 0 saturated carbocycles. The molecule has 4 aromatic heterocycles. The van der Waals surface area contributed by atoms with Crippen LogP contribution in [0.2, 0.25) is 0 Å². The number of nitrogens with zero attached hydrogens (tertiary/aromatic N) is 4. The molecule has 0 atom stereocenters. The van der Waals surface area contributed by atoms with Gasteiger partial charge in [-0.1, -0.05) is 182 Å². The lowest BCUT2D eigenvalue weighted by Crippen LogP contribution is -1.96. The Bertz CT molecular complexity index is 5710. The smallest absolute Gasteiger partial charge is 0.0979 e. The summed E-state index contributed by atoms with van der Waals surface area (Å²) >= 11 is 1.86. The average Bonchev–Trinajstić information content (AvgIpc) is 4.39. The molecule has 374 valence electrons. The molecule has 0 unspecified atom stereocenters. The Hall–Kier alpha value is -10.5. The van der Waals surface area contributed by atoms with Crippen molar-refractivity contribution in [2.24, 2.45) is 0 Å². The fourth-order valence-electron chi connectivity index (χ4n) is 13.7. The molecule has 0 bridgehead atoms. The monoisotopic (exact) mass is 1040 g/mol. The molecule has 0 fully saturated rings. The largest absolute Gasteiger partial charge is 0.309 e. The fraction of sp³-hybridized carbons (Fsp3) is 0. The van der Waals surface area contributed by atoms with Gasteiger partial charge in [-0.3, -0.25) is 4.98 Å². The molecule has 4 heterocycles. The van der Waals surface area contributed by atoms with Gasteiger partial charge < -0.3 is 9.13 Å². The Balaban J connectivity index is 0.768. The zero-order valence-electron chi connectivity index (χ0n) is 43.6. The maximum Gasteiger partial charge on any atom is 0.0979 e. The van der Waals surface area contributed by atoms with Crippen LogP contribution in [-0.2, 0) is 0 Å². The van der Waals surface area contributed by atoms with Crippen LogP contribution in [0.1, 0.15) is 0 Å². The van der Waals surface area contributed by atoms with Gasteiger partial charge in [-0.05, 0) is 144 Å². The van der Waals surface area contributed by atoms with E-state index in [1.165, 1.54) is 90.8 Å². The quantitative estimate of drug-likeness (QED) is 0.161. The number of aromatic nitrogens is 4. The van der Waals surface area contributed by atoms with Gasteiger partial charge in [0.2, 0.25) is 0 Å². The Morgan fingerprint density at radius 2 is 0.753 bits per heavy atom. The molecule has 4 nitrogen and oxygen atoms in total. The molecule has 0 aliphatic rings. The van der Waals surface area contributed by atoms with E-state index in [0.29, 0.717) is 0 Å². The molecule has 0 N–H and O–H groups in total. The minimum Gasteiger partial charge on any atom is -0.309 e. The number of hydrogen-bond donors (Lipinski definition) is 0. The van der Waals surface area contributed by atoms with E-state index in [9.17, 15) is 0 Å². The van der Waals surface area contributed by atoms with Gasteiger partial charge in [0.15, 0.2) is 0 Å². The van der Waals surface area contributed by atoms with Crippen molar-refractivity contribution in [3.63, 3.8) is 0 Å². The first-order chi connectivity index (χ1) is 40.2. The van der Waals surface area contributed by atoms with Crippen molar-refractivity contribution in [3.8, 4) is 44.9 Å². The van der Waals surface area contributed by atoms with Crippen molar-refractivity contribution in [2.75, 3.05) is 0 Å². The van der Waals surface area contributed by atoms with E-state index in [-0.39, 0.29) is 0 Å². The summed E-state index contributed by atoms with van der Waals surface area (Å²) in [6.45, 7) is 0. The highest BCUT2D eigenvalue weighted by atomic mass is 32.1. The van der Waals surface area contributed by atoms with Gasteiger partial charge >= 0.3 is 0 Å². The maximum absolute atomic E-state index is 5.65. The Morgan fingerprint density at radius 1 is 0.272 bits per heavy atom. The first-order valence-electron chi connectivity index (χ1n) is 27.7. The van der Waals surface area contributed by atoms with E-state index >= 15 is 0 Å². The predicted octanol–water partition coefficient (Wildman–Crippen LogP) is 21.0. The average molecular weight is 1050 g/mol. The maximum atomic E-state index is 5.65. The van der Waals surface area contributed by atoms with E-state index in [1.807, 2.05) is 17.5 Å². The minimum atomic E-state index is 0.842. The molecule has 18 aromatic rings. The van der Waals surface area contributed by atoms with Gasteiger partial charge in [0.25, 0.3) is 0 Å². The molecule has 0 aliphatic heterocycles. The van der Waals surface area contributed by atoms with Gasteiger partial charge in [-0.15, -0.1) is 11.3 Å². The molecule has 0 saturated heterocycles. The van der Waals surface area contributed by atoms with E-state index in [2.05, 4.69) is 270 Å². The lowest BCUT2D eigenvalue weighted by atomic mass is 9.91. The van der Waals surface area contributed by atoms with Gasteiger partial charge in [-0.25, -0.2) is 4.98 Å². The van der Waals surface area contributed by atoms with Crippen molar-refractivity contribution < 1.29 is 0 Å². The fourth-order valence-corrected chi connectivity index (χ4v) is 14.8. The summed E-state index contributed by atoms with van der Waals surface area (Å²) in [5, 5.41) is 19.5. The van der Waals surface area contributed by atoms with Crippen LogP contribution in [0.5, 0.6) is 0 Å². The van der Waals surface area contributed by atoms with Crippen LogP contribution in [0.15, 0.2) is 267 Å². The standard InChI is InChI=1S/C76H44N4S/c1-2-19-53-51(17-1)52-18-3-4-21-55(52)63-40-47(31-35-56(53)63)45-15-13-16-46(39-45)48-32-36-57-54-20-5-6-24-60(54)76-75(66(57)41-48)77-44-67(78-76)61-26-14-29-71-74(61)62-25-8-11-28-69(62)80(71)49-33-37-70-64(42-49)58-22-7-10-27-68(58)79(70)50-34-38-73-65(43-50)59-23-9-12-30-72(59)81-73/h1-44H. The summed E-state index contributed by atoms with van der Waals surface area (Å²) in [6, 6.07) is 96.0. The van der Waals surface area contributed by atoms with Crippen molar-refractivity contribution in [2.45, 2.75) is 0 Å². The topological polar surface area (TPSA) is 35.6 Å². The molecule has 0 amide bonds. The van der Waals surface area contributed by atoms with Gasteiger partial charge in [0, 0.05) is 69.4 Å². The van der Waals surface area contributed by atoms with Crippen LogP contribution in [0, 0.1) is 0 Å². The molecule has 0 radical (unpaired) electrons. The molecule has 0 spiro atoms. The first-order valence-corrected chi connectivity index (χ1v) is 28.5. The lowest BCUT2D eigenvalue weighted by Gasteiger charge is -2.14. The highest BCUT2D eigenvalue weighted by Crippen LogP contribution is 2.44. The summed E-state index contributed by atoms with van der Waals surface area (Å²) < 4.78 is 7.48. The van der Waals surface area contributed by atoms with Crippen molar-refractivity contribution >= 4 is 140 Å². The molecular formula is C76H44N4S. The number of thiophene rings is 1. The number of rotatable bonds is 5. The second-order valence-corrected chi connectivity index (χ2v) is 22.7. The SMILES string of the molecule is c1cc(-c2ccc3c4ccccc4c4ccccc4c3c2)cc(-c2ccc3c4ccccc4c4nc(-c5cccc6c5c5ccccc5n6-c5ccc6c(c5)c5ccccc5n6-c5ccc6sc7ccccc7c6c5)cnc4c3c2)c1. The van der Waals surface area contributed by atoms with E-state index < -0.39 is 0 Å². The summed E-state index contributed by atoms with van der Waals surface area (Å²) in [5.74, 6) is 0. The second kappa shape index (κ2) is 17.0. The van der Waals surface area contributed by atoms with Crippen LogP contribution in [0.4, 0.5) is 0 Å². The van der Waals surface area contributed by atoms with Gasteiger partial charge in [0.05, 0.1) is 45.0 Å². The third-order valence-corrected chi connectivity index (χ3v) is 18.5. The predicted molar refractivity (Wildman–Crippen MR) is 345 cm³/mol. The summed E-state index contributed by atoms with van der Waals surface area (Å²) in [4.78, 5) is 11.1. The molecule has 5 heteroatoms. The van der Waals surface area contributed by atoms with Gasteiger partial charge in [-0.2, -0.15) is 0 Å². The third-order valence-electron chi connectivity index (χ3n) is 17.3. The molecular weight excluding hydrogens is 1000 g/mol. The Kier molecular flexibility index (Phi) is 9.35. The number of fused-ring (bicyclic) bond motifs is 21. The van der Waals surface area contributed by atoms with Crippen molar-refractivity contribution in [3.05, 3.63) is 267 Å². The number of para-hydroxylation sites is 2. The summed E-state index contributed by atoms with van der Waals surface area (Å²) in [7, 11) is 0. The van der Waals surface area contributed by atoms with E-state index in [4.69, 9.17) is 9.97 Å². The first kappa shape index (κ1) is 44.5. The van der Waals surface area contributed by atoms with Crippen molar-refractivity contribution in [1.29, 1.82) is 0 Å². The molecule has 81 heavy (non-hydrogen) atoms. The molecule has 14 aromatic carbocycles. The lowest BCUT2D eigenvalue weighted by molar-refractivity contribution is 1.17.